The highest BCUT2D eigenvalue weighted by atomic mass is 16.3. The molecule has 0 fully saturated rings. The number of H-pyrrole nitrogens is 1. The molecule has 0 spiro atoms. The van der Waals surface area contributed by atoms with Crippen LogP contribution in [0.15, 0.2) is 42.9 Å². The lowest BCUT2D eigenvalue weighted by atomic mass is 10.2. The van der Waals surface area contributed by atoms with Gasteiger partial charge in [0.15, 0.2) is 0 Å². The topological polar surface area (TPSA) is 107 Å². The normalized spacial score (nSPS) is 11.7. The highest BCUT2D eigenvalue weighted by molar-refractivity contribution is 5.95. The van der Waals surface area contributed by atoms with Gasteiger partial charge >= 0.3 is 0 Å². The minimum atomic E-state index is -1.01. The monoisotopic (exact) mass is 288 g/mol. The average Bonchev–Trinajstić information content (AvgIpc) is 3.05. The maximum Gasteiger partial charge on any atom is 0.270 e. The molecule has 7 nitrogen and oxygen atoms in total. The number of imidazole rings is 1. The molecule has 1 aromatic carbocycles. The van der Waals surface area contributed by atoms with Gasteiger partial charge in [-0.25, -0.2) is 4.98 Å². The molecule has 0 bridgehead atoms. The first-order valence-electron chi connectivity index (χ1n) is 6.42. The lowest BCUT2D eigenvalue weighted by Gasteiger charge is -2.15. The number of rotatable bonds is 6. The predicted molar refractivity (Wildman–Crippen MR) is 75.2 cm³/mol. The Hall–Kier alpha value is -2.67. The van der Waals surface area contributed by atoms with Crippen LogP contribution >= 0.6 is 0 Å². The number of hydrogen-bond acceptors (Lipinski definition) is 4. The molecule has 0 aliphatic rings. The van der Waals surface area contributed by atoms with Crippen molar-refractivity contribution in [3.05, 3.63) is 54.1 Å². The molecule has 2 aromatic rings. The van der Waals surface area contributed by atoms with Crippen molar-refractivity contribution in [1.82, 2.24) is 20.6 Å². The summed E-state index contributed by atoms with van der Waals surface area (Å²) in [6.45, 7) is -0.156. The standard InChI is InChI=1S/C14H16N4O3/c19-8-12(18-14(21)11-7-15-9-17-11)13(20)16-6-10-4-2-1-3-5-10/h1-5,7,9,12,19H,6,8H2,(H,15,17)(H,16,20)(H,18,21)/t12-/m0/s1. The number of aromatic amines is 1. The van der Waals surface area contributed by atoms with Gasteiger partial charge in [0, 0.05) is 6.54 Å². The Morgan fingerprint density at radius 1 is 1.29 bits per heavy atom. The summed E-state index contributed by atoms with van der Waals surface area (Å²) in [5.74, 6) is -0.948. The Morgan fingerprint density at radius 3 is 2.67 bits per heavy atom. The number of nitrogens with one attached hydrogen (secondary N) is 3. The van der Waals surface area contributed by atoms with Crippen LogP contribution in [-0.4, -0.2) is 39.5 Å². The highest BCUT2D eigenvalue weighted by Crippen LogP contribution is 1.98. The maximum absolute atomic E-state index is 11.9. The van der Waals surface area contributed by atoms with Crippen molar-refractivity contribution in [3.63, 3.8) is 0 Å². The van der Waals surface area contributed by atoms with E-state index < -0.39 is 24.5 Å². The fourth-order valence-electron chi connectivity index (χ4n) is 1.72. The molecule has 110 valence electrons. The molecule has 2 rings (SSSR count). The lowest BCUT2D eigenvalue weighted by Crippen LogP contribution is -2.48. The number of benzene rings is 1. The van der Waals surface area contributed by atoms with E-state index in [-0.39, 0.29) is 5.69 Å². The molecule has 2 amide bonds. The fraction of sp³-hybridized carbons (Fsp3) is 0.214. The third kappa shape index (κ3) is 4.15. The van der Waals surface area contributed by atoms with Gasteiger partial charge in [0.2, 0.25) is 5.91 Å². The summed E-state index contributed by atoms with van der Waals surface area (Å²) >= 11 is 0. The molecule has 0 saturated carbocycles. The zero-order chi connectivity index (χ0) is 15.1. The van der Waals surface area contributed by atoms with E-state index in [1.54, 1.807) is 0 Å². The van der Waals surface area contributed by atoms with Gasteiger partial charge < -0.3 is 20.7 Å². The number of amides is 2. The minimum absolute atomic E-state index is 0.226. The smallest absolute Gasteiger partial charge is 0.270 e. The van der Waals surface area contributed by atoms with Crippen LogP contribution in [0, 0.1) is 0 Å². The van der Waals surface area contributed by atoms with Crippen molar-refractivity contribution >= 4 is 11.8 Å². The Labute approximate surface area is 121 Å². The van der Waals surface area contributed by atoms with Crippen molar-refractivity contribution in [2.45, 2.75) is 12.6 Å². The van der Waals surface area contributed by atoms with E-state index in [1.807, 2.05) is 30.3 Å². The van der Waals surface area contributed by atoms with Gasteiger partial charge in [-0.1, -0.05) is 30.3 Å². The maximum atomic E-state index is 11.9. The summed E-state index contributed by atoms with van der Waals surface area (Å²) in [5, 5.41) is 14.3. The molecular formula is C14H16N4O3. The molecule has 0 aliphatic heterocycles. The summed E-state index contributed by atoms with van der Waals surface area (Å²) in [6.07, 6.45) is 2.70. The van der Waals surface area contributed by atoms with E-state index >= 15 is 0 Å². The molecule has 21 heavy (non-hydrogen) atoms. The molecule has 0 radical (unpaired) electrons. The Balaban J connectivity index is 1.88. The summed E-state index contributed by atoms with van der Waals surface area (Å²) in [4.78, 5) is 30.1. The van der Waals surface area contributed by atoms with Crippen molar-refractivity contribution < 1.29 is 14.7 Å². The van der Waals surface area contributed by atoms with Crippen molar-refractivity contribution in [1.29, 1.82) is 0 Å². The van der Waals surface area contributed by atoms with Crippen LogP contribution in [0.5, 0.6) is 0 Å². The molecule has 0 saturated heterocycles. The summed E-state index contributed by atoms with van der Waals surface area (Å²) in [6, 6.07) is 8.35. The Kier molecular flexibility index (Phi) is 5.05. The van der Waals surface area contributed by atoms with Crippen LogP contribution in [0.1, 0.15) is 16.1 Å². The van der Waals surface area contributed by atoms with Gasteiger partial charge in [-0.15, -0.1) is 0 Å². The average molecular weight is 288 g/mol. The molecule has 7 heteroatoms. The quantitative estimate of drug-likeness (QED) is 0.591. The fourth-order valence-corrected chi connectivity index (χ4v) is 1.72. The van der Waals surface area contributed by atoms with Gasteiger partial charge in [-0.2, -0.15) is 0 Å². The van der Waals surface area contributed by atoms with Gasteiger partial charge in [0.05, 0.1) is 19.1 Å². The molecule has 4 N–H and O–H groups in total. The van der Waals surface area contributed by atoms with Gasteiger partial charge in [-0.3, -0.25) is 9.59 Å². The molecule has 1 heterocycles. The summed E-state index contributed by atoms with van der Waals surface area (Å²) in [5.41, 5.74) is 1.16. The zero-order valence-electron chi connectivity index (χ0n) is 11.2. The second-order valence-electron chi connectivity index (χ2n) is 4.38. The molecule has 1 aromatic heterocycles. The van der Waals surface area contributed by atoms with Crippen LogP contribution in [0.4, 0.5) is 0 Å². The number of carbonyl (C=O) groups excluding carboxylic acids is 2. The first kappa shape index (κ1) is 14.7. The van der Waals surface area contributed by atoms with E-state index in [0.717, 1.165) is 5.56 Å². The molecule has 0 aliphatic carbocycles. The third-order valence-corrected chi connectivity index (χ3v) is 2.86. The SMILES string of the molecule is O=C(N[C@@H](CO)C(=O)NCc1ccccc1)c1cnc[nH]1. The predicted octanol–water partition coefficient (Wildman–Crippen LogP) is -0.183. The summed E-state index contributed by atoms with van der Waals surface area (Å²) in [7, 11) is 0. The van der Waals surface area contributed by atoms with Crippen LogP contribution in [0.25, 0.3) is 0 Å². The molecular weight excluding hydrogens is 272 g/mol. The second kappa shape index (κ2) is 7.20. The van der Waals surface area contributed by atoms with Gasteiger partial charge in [0.25, 0.3) is 5.91 Å². The van der Waals surface area contributed by atoms with Crippen LogP contribution < -0.4 is 10.6 Å². The highest BCUT2D eigenvalue weighted by Gasteiger charge is 2.20. The van der Waals surface area contributed by atoms with E-state index in [0.29, 0.717) is 6.54 Å². The first-order chi connectivity index (χ1) is 10.2. The molecule has 0 unspecified atom stereocenters. The zero-order valence-corrected chi connectivity index (χ0v) is 11.2. The van der Waals surface area contributed by atoms with E-state index in [9.17, 15) is 14.7 Å². The lowest BCUT2D eigenvalue weighted by molar-refractivity contribution is -0.124. The van der Waals surface area contributed by atoms with Crippen LogP contribution in [0.3, 0.4) is 0 Å². The van der Waals surface area contributed by atoms with E-state index in [1.165, 1.54) is 12.5 Å². The number of aliphatic hydroxyl groups is 1. The number of carbonyl (C=O) groups is 2. The minimum Gasteiger partial charge on any atom is -0.394 e. The number of hydrogen-bond donors (Lipinski definition) is 4. The van der Waals surface area contributed by atoms with Gasteiger partial charge in [-0.05, 0) is 5.56 Å². The number of aliphatic hydroxyl groups excluding tert-OH is 1. The van der Waals surface area contributed by atoms with Crippen LogP contribution in [0.2, 0.25) is 0 Å². The van der Waals surface area contributed by atoms with E-state index in [4.69, 9.17) is 0 Å². The number of aromatic nitrogens is 2. The second-order valence-corrected chi connectivity index (χ2v) is 4.38. The number of nitrogens with zero attached hydrogens (tertiary/aromatic N) is 1. The first-order valence-corrected chi connectivity index (χ1v) is 6.42. The largest absolute Gasteiger partial charge is 0.394 e. The van der Waals surface area contributed by atoms with Crippen molar-refractivity contribution in [2.75, 3.05) is 6.61 Å². The van der Waals surface area contributed by atoms with Crippen LogP contribution in [-0.2, 0) is 11.3 Å². The van der Waals surface area contributed by atoms with Gasteiger partial charge in [0.1, 0.15) is 11.7 Å². The Bertz CT molecular complexity index is 584. The third-order valence-electron chi connectivity index (χ3n) is 2.86. The molecule has 1 atom stereocenters. The van der Waals surface area contributed by atoms with Crippen molar-refractivity contribution in [2.24, 2.45) is 0 Å². The van der Waals surface area contributed by atoms with Crippen molar-refractivity contribution in [3.8, 4) is 0 Å². The Morgan fingerprint density at radius 2 is 2.05 bits per heavy atom. The summed E-state index contributed by atoms with van der Waals surface area (Å²) < 4.78 is 0. The van der Waals surface area contributed by atoms with E-state index in [2.05, 4.69) is 20.6 Å².